The van der Waals surface area contributed by atoms with Crippen molar-refractivity contribution >= 4 is 11.6 Å². The van der Waals surface area contributed by atoms with E-state index in [-0.39, 0.29) is 0 Å². The van der Waals surface area contributed by atoms with Crippen molar-refractivity contribution in [1.29, 1.82) is 0 Å². The summed E-state index contributed by atoms with van der Waals surface area (Å²) in [4.78, 5) is 2.55. The molecule has 1 aliphatic heterocycles. The predicted molar refractivity (Wildman–Crippen MR) is 91.6 cm³/mol. The first-order valence-corrected chi connectivity index (χ1v) is 8.98. The van der Waals surface area contributed by atoms with Crippen molar-refractivity contribution in [3.8, 4) is 5.75 Å². The molecule has 0 spiro atoms. The van der Waals surface area contributed by atoms with Crippen LogP contribution in [0.4, 0.5) is 0 Å². The van der Waals surface area contributed by atoms with E-state index in [4.69, 9.17) is 11.6 Å². The number of halogens is 1. The van der Waals surface area contributed by atoms with E-state index in [2.05, 4.69) is 10.2 Å². The number of nitrogens with one attached hydrogen (secondary N) is 1. The number of phenols is 1. The molecule has 1 saturated carbocycles. The van der Waals surface area contributed by atoms with Crippen molar-refractivity contribution in [3.05, 3.63) is 28.3 Å². The molecule has 0 aromatic heterocycles. The molecule has 0 radical (unpaired) electrons. The van der Waals surface area contributed by atoms with Crippen LogP contribution in [0.5, 0.6) is 5.75 Å². The van der Waals surface area contributed by atoms with Crippen LogP contribution < -0.4 is 5.32 Å². The Morgan fingerprint density at radius 3 is 2.55 bits per heavy atom. The van der Waals surface area contributed by atoms with E-state index in [9.17, 15) is 5.11 Å². The van der Waals surface area contributed by atoms with Gasteiger partial charge in [0.15, 0.2) is 0 Å². The quantitative estimate of drug-likeness (QED) is 0.886. The van der Waals surface area contributed by atoms with Crippen LogP contribution in [0.2, 0.25) is 5.02 Å². The van der Waals surface area contributed by atoms with Gasteiger partial charge in [0, 0.05) is 42.8 Å². The first kappa shape index (κ1) is 16.1. The second-order valence-electron chi connectivity index (χ2n) is 6.79. The number of piperazine rings is 1. The summed E-state index contributed by atoms with van der Waals surface area (Å²) in [6, 6.07) is 4.15. The van der Waals surface area contributed by atoms with Gasteiger partial charge < -0.3 is 10.4 Å². The average Bonchev–Trinajstić information content (AvgIpc) is 2.54. The predicted octanol–water partition coefficient (Wildman–Crippen LogP) is 3.88. The van der Waals surface area contributed by atoms with E-state index in [1.165, 1.54) is 32.1 Å². The van der Waals surface area contributed by atoms with E-state index in [0.717, 1.165) is 42.3 Å². The zero-order valence-electron chi connectivity index (χ0n) is 13.4. The second-order valence-corrected chi connectivity index (χ2v) is 7.23. The summed E-state index contributed by atoms with van der Waals surface area (Å²) in [5.41, 5.74) is 1.93. The first-order valence-electron chi connectivity index (χ1n) is 8.60. The van der Waals surface area contributed by atoms with Gasteiger partial charge in [-0.1, -0.05) is 30.9 Å². The molecule has 0 bridgehead atoms. The van der Waals surface area contributed by atoms with Gasteiger partial charge in [-0.3, -0.25) is 4.90 Å². The third kappa shape index (κ3) is 3.42. The molecule has 1 aromatic carbocycles. The molecule has 22 heavy (non-hydrogen) atoms. The Morgan fingerprint density at radius 2 is 1.86 bits per heavy atom. The zero-order chi connectivity index (χ0) is 15.5. The standard InChI is InChI=1S/C18H27ClN2O/c1-13-11-15(19)12-16(18(13)22)17(14-5-3-2-4-6-14)21-9-7-20-8-10-21/h11-12,14,17,20,22H,2-10H2,1H3/t17-/m1/s1. The lowest BCUT2D eigenvalue weighted by atomic mass is 9.79. The molecule has 1 aliphatic carbocycles. The summed E-state index contributed by atoms with van der Waals surface area (Å²) in [6.45, 7) is 6.10. The summed E-state index contributed by atoms with van der Waals surface area (Å²) in [7, 11) is 0. The number of hydrogen-bond donors (Lipinski definition) is 2. The molecule has 1 saturated heterocycles. The summed E-state index contributed by atoms with van der Waals surface area (Å²) in [5.74, 6) is 1.08. The monoisotopic (exact) mass is 322 g/mol. The molecule has 3 nitrogen and oxygen atoms in total. The highest BCUT2D eigenvalue weighted by Gasteiger charge is 2.33. The van der Waals surface area contributed by atoms with E-state index >= 15 is 0 Å². The average molecular weight is 323 g/mol. The van der Waals surface area contributed by atoms with Gasteiger partial charge in [-0.05, 0) is 43.4 Å². The minimum absolute atomic E-state index is 0.305. The van der Waals surface area contributed by atoms with Crippen LogP contribution in [0.15, 0.2) is 12.1 Å². The van der Waals surface area contributed by atoms with Crippen LogP contribution in [-0.2, 0) is 0 Å². The van der Waals surface area contributed by atoms with Crippen LogP contribution >= 0.6 is 11.6 Å². The molecule has 0 amide bonds. The lowest BCUT2D eigenvalue weighted by Gasteiger charge is -2.41. The Balaban J connectivity index is 1.96. The van der Waals surface area contributed by atoms with Crippen molar-refractivity contribution < 1.29 is 5.11 Å². The van der Waals surface area contributed by atoms with Crippen molar-refractivity contribution in [3.63, 3.8) is 0 Å². The summed E-state index contributed by atoms with van der Waals surface area (Å²) in [6.07, 6.45) is 6.51. The van der Waals surface area contributed by atoms with Crippen LogP contribution in [0.1, 0.15) is 49.3 Å². The molecule has 3 rings (SSSR count). The zero-order valence-corrected chi connectivity index (χ0v) is 14.2. The first-order chi connectivity index (χ1) is 10.7. The van der Waals surface area contributed by atoms with Crippen LogP contribution in [0, 0.1) is 12.8 Å². The summed E-state index contributed by atoms with van der Waals surface area (Å²) >= 11 is 6.30. The molecule has 4 heteroatoms. The van der Waals surface area contributed by atoms with Gasteiger partial charge in [-0.15, -0.1) is 0 Å². The fourth-order valence-corrected chi connectivity index (χ4v) is 4.43. The van der Waals surface area contributed by atoms with Crippen molar-refractivity contribution in [1.82, 2.24) is 10.2 Å². The molecule has 1 aromatic rings. The molecular formula is C18H27ClN2O. The Kier molecular flexibility index (Phi) is 5.27. The minimum Gasteiger partial charge on any atom is -0.507 e. The largest absolute Gasteiger partial charge is 0.507 e. The molecule has 1 heterocycles. The molecular weight excluding hydrogens is 296 g/mol. The highest BCUT2D eigenvalue weighted by molar-refractivity contribution is 6.30. The Morgan fingerprint density at radius 1 is 1.18 bits per heavy atom. The highest BCUT2D eigenvalue weighted by Crippen LogP contribution is 2.43. The lowest BCUT2D eigenvalue weighted by Crippen LogP contribution is -2.47. The van der Waals surface area contributed by atoms with Crippen molar-refractivity contribution in [2.45, 2.75) is 45.1 Å². The number of nitrogens with zero attached hydrogens (tertiary/aromatic N) is 1. The SMILES string of the molecule is Cc1cc(Cl)cc([C@@H](C2CCCCC2)N2CCNCC2)c1O. The number of hydrogen-bond acceptors (Lipinski definition) is 3. The Hall–Kier alpha value is -0.770. The smallest absolute Gasteiger partial charge is 0.123 e. The molecule has 0 unspecified atom stereocenters. The third-order valence-corrected chi connectivity index (χ3v) is 5.47. The normalized spacial score (nSPS) is 22.6. The lowest BCUT2D eigenvalue weighted by molar-refractivity contribution is 0.101. The van der Waals surface area contributed by atoms with Crippen molar-refractivity contribution in [2.75, 3.05) is 26.2 Å². The molecule has 2 N–H and O–H groups in total. The second kappa shape index (κ2) is 7.20. The van der Waals surface area contributed by atoms with Gasteiger partial charge in [-0.2, -0.15) is 0 Å². The molecule has 1 atom stereocenters. The fraction of sp³-hybridized carbons (Fsp3) is 0.667. The Labute approximate surface area is 138 Å². The highest BCUT2D eigenvalue weighted by atomic mass is 35.5. The van der Waals surface area contributed by atoms with E-state index in [1.54, 1.807) is 0 Å². The maximum Gasteiger partial charge on any atom is 0.123 e. The summed E-state index contributed by atoms with van der Waals surface area (Å²) < 4.78 is 0. The van der Waals surface area contributed by atoms with E-state index in [0.29, 0.717) is 17.7 Å². The van der Waals surface area contributed by atoms with Gasteiger partial charge in [0.25, 0.3) is 0 Å². The third-order valence-electron chi connectivity index (χ3n) is 5.25. The molecule has 122 valence electrons. The number of aryl methyl sites for hydroxylation is 1. The molecule has 2 aliphatic rings. The van der Waals surface area contributed by atoms with E-state index < -0.39 is 0 Å². The van der Waals surface area contributed by atoms with Gasteiger partial charge in [-0.25, -0.2) is 0 Å². The number of aromatic hydroxyl groups is 1. The summed E-state index contributed by atoms with van der Waals surface area (Å²) in [5, 5.41) is 14.8. The van der Waals surface area contributed by atoms with Gasteiger partial charge >= 0.3 is 0 Å². The van der Waals surface area contributed by atoms with E-state index in [1.807, 2.05) is 19.1 Å². The number of benzene rings is 1. The number of rotatable bonds is 3. The maximum atomic E-state index is 10.7. The topological polar surface area (TPSA) is 35.5 Å². The van der Waals surface area contributed by atoms with Gasteiger partial charge in [0.05, 0.1) is 0 Å². The number of phenolic OH excluding ortho intramolecular Hbond substituents is 1. The maximum absolute atomic E-state index is 10.7. The van der Waals surface area contributed by atoms with Gasteiger partial charge in [0.2, 0.25) is 0 Å². The Bertz CT molecular complexity index is 490. The van der Waals surface area contributed by atoms with Gasteiger partial charge in [0.1, 0.15) is 5.75 Å². The van der Waals surface area contributed by atoms with Crippen LogP contribution in [0.3, 0.4) is 0 Å². The fourth-order valence-electron chi connectivity index (χ4n) is 4.15. The van der Waals surface area contributed by atoms with Crippen molar-refractivity contribution in [2.24, 2.45) is 5.92 Å². The minimum atomic E-state index is 0.305. The molecule has 2 fully saturated rings. The van der Waals surface area contributed by atoms with Crippen LogP contribution in [-0.4, -0.2) is 36.2 Å². The van der Waals surface area contributed by atoms with Crippen LogP contribution in [0.25, 0.3) is 0 Å².